The Balaban J connectivity index is 2.57. The van der Waals surface area contributed by atoms with Crippen molar-refractivity contribution in [3.63, 3.8) is 0 Å². The van der Waals surface area contributed by atoms with Gasteiger partial charge in [0.25, 0.3) is 0 Å². The molecule has 2 rings (SSSR count). The molecule has 2 N–H and O–H groups in total. The van der Waals surface area contributed by atoms with Gasteiger partial charge in [0.1, 0.15) is 6.33 Å². The summed E-state index contributed by atoms with van der Waals surface area (Å²) in [6.45, 7) is 4.05. The highest BCUT2D eigenvalue weighted by molar-refractivity contribution is 5.42. The van der Waals surface area contributed by atoms with E-state index in [1.165, 1.54) is 16.5 Å². The van der Waals surface area contributed by atoms with E-state index in [2.05, 4.69) is 23.0 Å². The van der Waals surface area contributed by atoms with Crippen molar-refractivity contribution in [2.24, 2.45) is 0 Å². The molecule has 0 saturated heterocycles. The lowest BCUT2D eigenvalue weighted by Gasteiger charge is -2.09. The number of nitrogens with two attached hydrogens (primary N) is 1. The van der Waals surface area contributed by atoms with Crippen LogP contribution in [0.15, 0.2) is 29.3 Å². The molecule has 5 nitrogen and oxygen atoms in total. The van der Waals surface area contributed by atoms with Gasteiger partial charge in [-0.2, -0.15) is 4.98 Å². The summed E-state index contributed by atoms with van der Waals surface area (Å²) in [5, 5.41) is 0. The number of aryl methyl sites for hydroxylation is 2. The fourth-order valence-corrected chi connectivity index (χ4v) is 1.72. The average molecular weight is 230 g/mol. The van der Waals surface area contributed by atoms with Gasteiger partial charge in [-0.15, -0.1) is 0 Å². The molecule has 1 aromatic carbocycles. The minimum absolute atomic E-state index is 0.00548. The summed E-state index contributed by atoms with van der Waals surface area (Å²) < 4.78 is 1.39. The standard InChI is InChI=1S/C12H14N4O/c1-3-9-4-5-10(8(2)6-9)16-7-14-11(13)15-12(16)17/h4-7H,3H2,1-2H3,(H2,13,15,17). The first-order valence-electron chi connectivity index (χ1n) is 5.43. The third-order valence-electron chi connectivity index (χ3n) is 2.65. The van der Waals surface area contributed by atoms with Gasteiger partial charge in [0, 0.05) is 0 Å². The Morgan fingerprint density at radius 3 is 2.76 bits per heavy atom. The molecule has 17 heavy (non-hydrogen) atoms. The number of benzene rings is 1. The lowest BCUT2D eigenvalue weighted by atomic mass is 10.1. The second-order valence-electron chi connectivity index (χ2n) is 3.84. The Morgan fingerprint density at radius 1 is 1.41 bits per heavy atom. The highest BCUT2D eigenvalue weighted by Gasteiger charge is 2.05. The zero-order chi connectivity index (χ0) is 12.4. The van der Waals surface area contributed by atoms with Crippen molar-refractivity contribution in [3.8, 4) is 5.69 Å². The molecule has 0 radical (unpaired) electrons. The van der Waals surface area contributed by atoms with E-state index >= 15 is 0 Å². The van der Waals surface area contributed by atoms with Gasteiger partial charge in [0.15, 0.2) is 0 Å². The van der Waals surface area contributed by atoms with Crippen LogP contribution < -0.4 is 11.4 Å². The lowest BCUT2D eigenvalue weighted by molar-refractivity contribution is 0.860. The van der Waals surface area contributed by atoms with Crippen molar-refractivity contribution in [2.75, 3.05) is 5.73 Å². The summed E-state index contributed by atoms with van der Waals surface area (Å²) >= 11 is 0. The van der Waals surface area contributed by atoms with Crippen molar-refractivity contribution < 1.29 is 0 Å². The minimum Gasteiger partial charge on any atom is -0.368 e. The first-order valence-corrected chi connectivity index (χ1v) is 5.43. The van der Waals surface area contributed by atoms with Gasteiger partial charge < -0.3 is 5.73 Å². The first kappa shape index (κ1) is 11.3. The Kier molecular flexibility index (Phi) is 2.91. The Hall–Kier alpha value is -2.17. The monoisotopic (exact) mass is 230 g/mol. The second-order valence-corrected chi connectivity index (χ2v) is 3.84. The average Bonchev–Trinajstić information content (AvgIpc) is 2.30. The zero-order valence-corrected chi connectivity index (χ0v) is 9.84. The molecule has 0 atom stereocenters. The maximum atomic E-state index is 11.7. The maximum Gasteiger partial charge on any atom is 0.356 e. The number of anilines is 1. The van der Waals surface area contributed by atoms with Gasteiger partial charge in [-0.05, 0) is 30.5 Å². The van der Waals surface area contributed by atoms with E-state index in [1.54, 1.807) is 0 Å². The van der Waals surface area contributed by atoms with E-state index < -0.39 is 5.69 Å². The molecule has 5 heteroatoms. The van der Waals surface area contributed by atoms with Gasteiger partial charge in [-0.25, -0.2) is 9.78 Å². The van der Waals surface area contributed by atoms with E-state index in [-0.39, 0.29) is 5.95 Å². The Labute approximate surface area is 99.0 Å². The van der Waals surface area contributed by atoms with Gasteiger partial charge in [0.2, 0.25) is 5.95 Å². The number of hydrogen-bond donors (Lipinski definition) is 1. The van der Waals surface area contributed by atoms with E-state index in [1.807, 2.05) is 19.1 Å². The summed E-state index contributed by atoms with van der Waals surface area (Å²) in [6, 6.07) is 5.94. The van der Waals surface area contributed by atoms with Gasteiger partial charge in [-0.1, -0.05) is 19.1 Å². The van der Waals surface area contributed by atoms with Crippen molar-refractivity contribution in [2.45, 2.75) is 20.3 Å². The number of hydrogen-bond acceptors (Lipinski definition) is 4. The fourth-order valence-electron chi connectivity index (χ4n) is 1.72. The predicted molar refractivity (Wildman–Crippen MR) is 66.2 cm³/mol. The fraction of sp³-hybridized carbons (Fsp3) is 0.250. The maximum absolute atomic E-state index is 11.7. The summed E-state index contributed by atoms with van der Waals surface area (Å²) in [5.74, 6) is -0.00548. The molecule has 1 heterocycles. The summed E-state index contributed by atoms with van der Waals surface area (Å²) in [7, 11) is 0. The number of rotatable bonds is 2. The predicted octanol–water partition coefficient (Wildman–Crippen LogP) is 1.08. The highest BCUT2D eigenvalue weighted by atomic mass is 16.1. The third-order valence-corrected chi connectivity index (χ3v) is 2.65. The third kappa shape index (κ3) is 2.18. The van der Waals surface area contributed by atoms with E-state index in [0.29, 0.717) is 0 Å². The van der Waals surface area contributed by atoms with Crippen LogP contribution in [0.2, 0.25) is 0 Å². The molecule has 1 aromatic heterocycles. The van der Waals surface area contributed by atoms with E-state index in [0.717, 1.165) is 17.7 Å². The van der Waals surface area contributed by atoms with Crippen LogP contribution in [-0.4, -0.2) is 14.5 Å². The number of aromatic nitrogens is 3. The molecular formula is C12H14N4O. The van der Waals surface area contributed by atoms with Gasteiger partial charge >= 0.3 is 5.69 Å². The van der Waals surface area contributed by atoms with Crippen molar-refractivity contribution in [3.05, 3.63) is 46.1 Å². The van der Waals surface area contributed by atoms with Crippen molar-refractivity contribution in [1.29, 1.82) is 0 Å². The van der Waals surface area contributed by atoms with E-state index in [9.17, 15) is 4.79 Å². The number of nitrogens with zero attached hydrogens (tertiary/aromatic N) is 3. The normalized spacial score (nSPS) is 10.5. The van der Waals surface area contributed by atoms with Crippen LogP contribution in [0, 0.1) is 6.92 Å². The minimum atomic E-state index is -0.412. The van der Waals surface area contributed by atoms with Crippen molar-refractivity contribution >= 4 is 5.95 Å². The van der Waals surface area contributed by atoms with Crippen molar-refractivity contribution in [1.82, 2.24) is 14.5 Å². The lowest BCUT2D eigenvalue weighted by Crippen LogP contribution is -2.23. The molecule has 0 aliphatic heterocycles. The molecule has 0 aliphatic carbocycles. The topological polar surface area (TPSA) is 73.8 Å². The molecule has 0 spiro atoms. The van der Waals surface area contributed by atoms with Gasteiger partial charge in [0.05, 0.1) is 5.69 Å². The van der Waals surface area contributed by atoms with Crippen LogP contribution >= 0.6 is 0 Å². The molecule has 0 aliphatic rings. The quantitative estimate of drug-likeness (QED) is 0.837. The molecule has 88 valence electrons. The molecule has 0 saturated carbocycles. The molecular weight excluding hydrogens is 216 g/mol. The molecule has 0 unspecified atom stereocenters. The largest absolute Gasteiger partial charge is 0.368 e. The Bertz CT molecular complexity index is 604. The summed E-state index contributed by atoms with van der Waals surface area (Å²) in [5.41, 5.74) is 7.97. The van der Waals surface area contributed by atoms with Gasteiger partial charge in [-0.3, -0.25) is 4.57 Å². The zero-order valence-electron chi connectivity index (χ0n) is 9.84. The van der Waals surface area contributed by atoms with Crippen LogP contribution in [-0.2, 0) is 6.42 Å². The second kappa shape index (κ2) is 4.37. The van der Waals surface area contributed by atoms with E-state index in [4.69, 9.17) is 5.73 Å². The molecule has 0 fully saturated rings. The smallest absolute Gasteiger partial charge is 0.356 e. The Morgan fingerprint density at radius 2 is 2.18 bits per heavy atom. The summed E-state index contributed by atoms with van der Waals surface area (Å²) in [4.78, 5) is 19.1. The molecule has 0 amide bonds. The first-order chi connectivity index (χ1) is 8.11. The van der Waals surface area contributed by atoms with Crippen LogP contribution in [0.3, 0.4) is 0 Å². The SMILES string of the molecule is CCc1ccc(-n2cnc(N)nc2=O)c(C)c1. The number of nitrogen functional groups attached to an aromatic ring is 1. The van der Waals surface area contributed by atoms with Crippen LogP contribution in [0.1, 0.15) is 18.1 Å². The summed E-state index contributed by atoms with van der Waals surface area (Å²) in [6.07, 6.45) is 2.37. The molecule has 2 aromatic rings. The van der Waals surface area contributed by atoms with Crippen LogP contribution in [0.4, 0.5) is 5.95 Å². The molecule has 0 bridgehead atoms. The van der Waals surface area contributed by atoms with Crippen LogP contribution in [0.25, 0.3) is 5.69 Å². The van der Waals surface area contributed by atoms with Crippen LogP contribution in [0.5, 0.6) is 0 Å². The highest BCUT2D eigenvalue weighted by Crippen LogP contribution is 2.14.